The van der Waals surface area contributed by atoms with E-state index in [0.29, 0.717) is 0 Å². The molecule has 1 unspecified atom stereocenters. The molecule has 0 radical (unpaired) electrons. The van der Waals surface area contributed by atoms with Gasteiger partial charge < -0.3 is 5.32 Å². The maximum absolute atomic E-state index is 8.90. The average molecular weight is 181 g/mol. The molecule has 0 saturated carbocycles. The molecule has 0 aromatic heterocycles. The predicted molar refractivity (Wildman–Crippen MR) is 53.3 cm³/mol. The van der Waals surface area contributed by atoms with Gasteiger partial charge in [0.05, 0.1) is 12.0 Å². The van der Waals surface area contributed by atoms with Crippen molar-refractivity contribution in [3.63, 3.8) is 0 Å². The van der Waals surface area contributed by atoms with Gasteiger partial charge in [-0.1, -0.05) is 13.3 Å². The molecule has 0 amide bonds. The molecule has 0 aromatic carbocycles. The highest BCUT2D eigenvalue weighted by Crippen LogP contribution is 2.07. The summed E-state index contributed by atoms with van der Waals surface area (Å²) in [5.74, 6) is 0.239. The Morgan fingerprint density at radius 1 is 1.46 bits per heavy atom. The number of nitrogens with zero attached hydrogens (tertiary/aromatic N) is 2. The molecule has 0 aliphatic carbocycles. The quantitative estimate of drug-likeness (QED) is 0.698. The Morgan fingerprint density at radius 3 is 2.69 bits per heavy atom. The number of rotatable bonds is 4. The molecule has 1 rings (SSSR count). The molecule has 3 heteroatoms. The van der Waals surface area contributed by atoms with Crippen LogP contribution in [0.1, 0.15) is 19.8 Å². The lowest BCUT2D eigenvalue weighted by Gasteiger charge is -2.28. The van der Waals surface area contributed by atoms with Crippen LogP contribution in [-0.2, 0) is 0 Å². The second-order valence-electron chi connectivity index (χ2n) is 3.67. The topological polar surface area (TPSA) is 39.1 Å². The van der Waals surface area contributed by atoms with Gasteiger partial charge in [-0.15, -0.1) is 0 Å². The van der Waals surface area contributed by atoms with Crippen molar-refractivity contribution in [3.8, 4) is 6.07 Å². The number of hydrogen-bond donors (Lipinski definition) is 1. The SMILES string of the molecule is CCCC(C#N)CN1CCNCC1. The van der Waals surface area contributed by atoms with E-state index in [0.717, 1.165) is 45.6 Å². The lowest BCUT2D eigenvalue weighted by Crippen LogP contribution is -2.45. The molecule has 0 bridgehead atoms. The van der Waals surface area contributed by atoms with Crippen molar-refractivity contribution >= 4 is 0 Å². The first-order valence-corrected chi connectivity index (χ1v) is 5.19. The van der Waals surface area contributed by atoms with Crippen molar-refractivity contribution in [1.82, 2.24) is 10.2 Å². The Balaban J connectivity index is 2.24. The first-order chi connectivity index (χ1) is 6.36. The number of nitriles is 1. The standard InChI is InChI=1S/C10H19N3/c1-2-3-10(8-11)9-13-6-4-12-5-7-13/h10,12H,2-7,9H2,1H3. The van der Waals surface area contributed by atoms with E-state index in [-0.39, 0.29) is 5.92 Å². The zero-order valence-electron chi connectivity index (χ0n) is 8.42. The Hall–Kier alpha value is -0.590. The second kappa shape index (κ2) is 5.95. The minimum Gasteiger partial charge on any atom is -0.314 e. The van der Waals surface area contributed by atoms with Gasteiger partial charge in [0.1, 0.15) is 0 Å². The first kappa shape index (κ1) is 10.5. The highest BCUT2D eigenvalue weighted by atomic mass is 15.2. The normalized spacial score (nSPS) is 20.9. The minimum atomic E-state index is 0.239. The number of piperazine rings is 1. The van der Waals surface area contributed by atoms with Crippen LogP contribution < -0.4 is 5.32 Å². The van der Waals surface area contributed by atoms with Crippen molar-refractivity contribution in [2.45, 2.75) is 19.8 Å². The lowest BCUT2D eigenvalue weighted by molar-refractivity contribution is 0.218. The third-order valence-electron chi connectivity index (χ3n) is 2.51. The van der Waals surface area contributed by atoms with Gasteiger partial charge in [-0.3, -0.25) is 4.90 Å². The monoisotopic (exact) mass is 181 g/mol. The smallest absolute Gasteiger partial charge is 0.0669 e. The van der Waals surface area contributed by atoms with Crippen LogP contribution in [0, 0.1) is 17.2 Å². The summed E-state index contributed by atoms with van der Waals surface area (Å²) in [4.78, 5) is 2.39. The Kier molecular flexibility index (Phi) is 4.81. The summed E-state index contributed by atoms with van der Waals surface area (Å²) in [5.41, 5.74) is 0. The summed E-state index contributed by atoms with van der Waals surface area (Å²) in [6, 6.07) is 2.39. The van der Waals surface area contributed by atoms with E-state index in [4.69, 9.17) is 5.26 Å². The van der Waals surface area contributed by atoms with Gasteiger partial charge in [-0.2, -0.15) is 5.26 Å². The molecule has 1 N–H and O–H groups in total. The maximum atomic E-state index is 8.90. The van der Waals surface area contributed by atoms with Crippen molar-refractivity contribution in [3.05, 3.63) is 0 Å². The van der Waals surface area contributed by atoms with Gasteiger partial charge in [0, 0.05) is 32.7 Å². The molecule has 1 aliphatic heterocycles. The molecular weight excluding hydrogens is 162 g/mol. The molecule has 1 atom stereocenters. The zero-order chi connectivity index (χ0) is 9.52. The molecule has 1 heterocycles. The molecule has 1 saturated heterocycles. The summed E-state index contributed by atoms with van der Waals surface area (Å²) in [6.45, 7) is 7.45. The zero-order valence-corrected chi connectivity index (χ0v) is 8.42. The Bertz CT molecular complexity index is 167. The fraction of sp³-hybridized carbons (Fsp3) is 0.900. The fourth-order valence-corrected chi connectivity index (χ4v) is 1.75. The van der Waals surface area contributed by atoms with E-state index in [1.807, 2.05) is 0 Å². The average Bonchev–Trinajstić information content (AvgIpc) is 2.19. The summed E-state index contributed by atoms with van der Waals surface area (Å²) in [7, 11) is 0. The fourth-order valence-electron chi connectivity index (χ4n) is 1.75. The highest BCUT2D eigenvalue weighted by Gasteiger charge is 2.14. The van der Waals surface area contributed by atoms with E-state index in [1.165, 1.54) is 0 Å². The van der Waals surface area contributed by atoms with Crippen LogP contribution in [0.4, 0.5) is 0 Å². The molecule has 1 fully saturated rings. The van der Waals surface area contributed by atoms with Crippen LogP contribution in [0.15, 0.2) is 0 Å². The third kappa shape index (κ3) is 3.75. The van der Waals surface area contributed by atoms with Crippen LogP contribution in [0.3, 0.4) is 0 Å². The maximum Gasteiger partial charge on any atom is 0.0669 e. The predicted octanol–water partition coefficient (Wildman–Crippen LogP) is 0.831. The Morgan fingerprint density at radius 2 is 2.15 bits per heavy atom. The molecule has 74 valence electrons. The van der Waals surface area contributed by atoms with Gasteiger partial charge >= 0.3 is 0 Å². The van der Waals surface area contributed by atoms with E-state index in [1.54, 1.807) is 0 Å². The van der Waals surface area contributed by atoms with E-state index >= 15 is 0 Å². The van der Waals surface area contributed by atoms with Gasteiger partial charge in [0.15, 0.2) is 0 Å². The van der Waals surface area contributed by atoms with Crippen LogP contribution in [0.2, 0.25) is 0 Å². The van der Waals surface area contributed by atoms with Gasteiger partial charge in [0.25, 0.3) is 0 Å². The molecule has 13 heavy (non-hydrogen) atoms. The summed E-state index contributed by atoms with van der Waals surface area (Å²) in [5, 5.41) is 12.2. The van der Waals surface area contributed by atoms with E-state index in [2.05, 4.69) is 23.2 Å². The molecule has 0 aromatic rings. The van der Waals surface area contributed by atoms with Crippen LogP contribution in [-0.4, -0.2) is 37.6 Å². The van der Waals surface area contributed by atoms with Gasteiger partial charge in [0.2, 0.25) is 0 Å². The molecule has 1 aliphatic rings. The second-order valence-corrected chi connectivity index (χ2v) is 3.67. The third-order valence-corrected chi connectivity index (χ3v) is 2.51. The molecule has 3 nitrogen and oxygen atoms in total. The van der Waals surface area contributed by atoms with Crippen molar-refractivity contribution in [2.24, 2.45) is 5.92 Å². The Labute approximate surface area is 80.7 Å². The van der Waals surface area contributed by atoms with Gasteiger partial charge in [-0.05, 0) is 6.42 Å². The summed E-state index contributed by atoms with van der Waals surface area (Å²) >= 11 is 0. The first-order valence-electron chi connectivity index (χ1n) is 5.19. The largest absolute Gasteiger partial charge is 0.314 e. The molecule has 0 spiro atoms. The number of nitrogens with one attached hydrogen (secondary N) is 1. The summed E-state index contributed by atoms with van der Waals surface area (Å²) in [6.07, 6.45) is 2.16. The van der Waals surface area contributed by atoms with Crippen LogP contribution in [0.5, 0.6) is 0 Å². The van der Waals surface area contributed by atoms with Crippen LogP contribution >= 0.6 is 0 Å². The minimum absolute atomic E-state index is 0.239. The lowest BCUT2D eigenvalue weighted by atomic mass is 10.0. The van der Waals surface area contributed by atoms with Crippen LogP contribution in [0.25, 0.3) is 0 Å². The van der Waals surface area contributed by atoms with Crippen molar-refractivity contribution in [2.75, 3.05) is 32.7 Å². The van der Waals surface area contributed by atoms with E-state index < -0.39 is 0 Å². The number of hydrogen-bond acceptors (Lipinski definition) is 3. The summed E-state index contributed by atoms with van der Waals surface area (Å²) < 4.78 is 0. The molecular formula is C10H19N3. The highest BCUT2D eigenvalue weighted by molar-refractivity contribution is 4.85. The van der Waals surface area contributed by atoms with E-state index in [9.17, 15) is 0 Å². The van der Waals surface area contributed by atoms with Gasteiger partial charge in [-0.25, -0.2) is 0 Å². The van der Waals surface area contributed by atoms with Crippen molar-refractivity contribution in [1.29, 1.82) is 5.26 Å². The van der Waals surface area contributed by atoms with Crippen molar-refractivity contribution < 1.29 is 0 Å².